The molecule has 1 saturated heterocycles. The average Bonchev–Trinajstić information content (AvgIpc) is 3.09. The fraction of sp³-hybridized carbons (Fsp3) is 0.375. The second kappa shape index (κ2) is 6.42. The normalized spacial score (nSPS) is 19.5. The predicted molar refractivity (Wildman–Crippen MR) is 88.7 cm³/mol. The molecule has 6 nitrogen and oxygen atoms in total. The van der Waals surface area contributed by atoms with Gasteiger partial charge in [0.15, 0.2) is 15.5 Å². The van der Waals surface area contributed by atoms with Crippen molar-refractivity contribution in [2.45, 2.75) is 25.6 Å². The zero-order valence-corrected chi connectivity index (χ0v) is 14.6. The van der Waals surface area contributed by atoms with Gasteiger partial charge in [-0.1, -0.05) is 6.07 Å². The first-order chi connectivity index (χ1) is 12.0. The molecule has 1 aromatic heterocycles. The van der Waals surface area contributed by atoms with Gasteiger partial charge in [-0.05, 0) is 37.6 Å². The Morgan fingerprint density at radius 3 is 2.65 bits per heavy atom. The van der Waals surface area contributed by atoms with Crippen LogP contribution in [0.2, 0.25) is 0 Å². The van der Waals surface area contributed by atoms with Gasteiger partial charge in [-0.3, -0.25) is 9.48 Å². The van der Waals surface area contributed by atoms with Gasteiger partial charge < -0.3 is 5.32 Å². The van der Waals surface area contributed by atoms with Gasteiger partial charge in [0.2, 0.25) is 0 Å². The van der Waals surface area contributed by atoms with Crippen LogP contribution in [-0.2, 0) is 16.0 Å². The second-order valence-electron chi connectivity index (χ2n) is 6.21. The van der Waals surface area contributed by atoms with Crippen LogP contribution in [0.4, 0.5) is 18.9 Å². The number of carbonyl (C=O) groups is 1. The van der Waals surface area contributed by atoms with Gasteiger partial charge in [0.1, 0.15) is 0 Å². The van der Waals surface area contributed by atoms with Gasteiger partial charge in [-0.15, -0.1) is 0 Å². The van der Waals surface area contributed by atoms with E-state index in [2.05, 4.69) is 10.4 Å². The summed E-state index contributed by atoms with van der Waals surface area (Å²) in [4.78, 5) is 12.3. The Hall–Kier alpha value is -2.36. The SMILES string of the molecule is Cc1cc(C(=O)Nc2cccc(C(F)(F)F)c2)nn1C1CCS(=O)(=O)C1. The van der Waals surface area contributed by atoms with E-state index >= 15 is 0 Å². The van der Waals surface area contributed by atoms with Crippen LogP contribution in [0.1, 0.15) is 34.2 Å². The number of carbonyl (C=O) groups excluding carboxylic acids is 1. The molecule has 0 bridgehead atoms. The van der Waals surface area contributed by atoms with Crippen LogP contribution in [0, 0.1) is 6.92 Å². The minimum atomic E-state index is -4.51. The number of amides is 1. The van der Waals surface area contributed by atoms with Gasteiger partial charge in [-0.2, -0.15) is 18.3 Å². The highest BCUT2D eigenvalue weighted by molar-refractivity contribution is 7.91. The summed E-state index contributed by atoms with van der Waals surface area (Å²) in [6.45, 7) is 1.69. The highest BCUT2D eigenvalue weighted by Gasteiger charge is 2.32. The van der Waals surface area contributed by atoms with Crippen LogP contribution in [0.5, 0.6) is 0 Å². The first-order valence-corrected chi connectivity index (χ1v) is 9.62. The Morgan fingerprint density at radius 2 is 2.04 bits per heavy atom. The Morgan fingerprint density at radius 1 is 1.31 bits per heavy atom. The summed E-state index contributed by atoms with van der Waals surface area (Å²) < 4.78 is 62.9. The lowest BCUT2D eigenvalue weighted by molar-refractivity contribution is -0.137. The predicted octanol–water partition coefficient (Wildman–Crippen LogP) is 2.82. The lowest BCUT2D eigenvalue weighted by Crippen LogP contribution is -2.17. The van der Waals surface area contributed by atoms with Gasteiger partial charge in [-0.25, -0.2) is 8.42 Å². The number of halogens is 3. The van der Waals surface area contributed by atoms with Crippen molar-refractivity contribution in [2.24, 2.45) is 0 Å². The quantitative estimate of drug-likeness (QED) is 0.878. The summed E-state index contributed by atoms with van der Waals surface area (Å²) in [6.07, 6.45) is -4.09. The van der Waals surface area contributed by atoms with Crippen molar-refractivity contribution in [2.75, 3.05) is 16.8 Å². The van der Waals surface area contributed by atoms with E-state index in [1.165, 1.54) is 22.9 Å². The summed E-state index contributed by atoms with van der Waals surface area (Å²) in [5.74, 6) is -0.625. The Balaban J connectivity index is 1.78. The van der Waals surface area contributed by atoms with Crippen LogP contribution in [-0.4, -0.2) is 35.6 Å². The van der Waals surface area contributed by atoms with E-state index in [1.807, 2.05) is 0 Å². The fourth-order valence-electron chi connectivity index (χ4n) is 2.91. The lowest BCUT2D eigenvalue weighted by atomic mass is 10.2. The molecule has 0 aliphatic carbocycles. The number of sulfone groups is 1. The molecular formula is C16H16F3N3O3S. The van der Waals surface area contributed by atoms with Crippen molar-refractivity contribution in [3.05, 3.63) is 47.3 Å². The van der Waals surface area contributed by atoms with E-state index in [4.69, 9.17) is 0 Å². The summed E-state index contributed by atoms with van der Waals surface area (Å²) in [6, 6.07) is 5.44. The summed E-state index contributed by atoms with van der Waals surface area (Å²) >= 11 is 0. The molecule has 0 radical (unpaired) electrons. The third-order valence-electron chi connectivity index (χ3n) is 4.16. The van der Waals surface area contributed by atoms with Crippen molar-refractivity contribution >= 4 is 21.4 Å². The molecule has 2 aromatic rings. The molecule has 1 unspecified atom stereocenters. The summed E-state index contributed by atoms with van der Waals surface area (Å²) in [7, 11) is -3.11. The number of aromatic nitrogens is 2. The van der Waals surface area contributed by atoms with Crippen molar-refractivity contribution in [1.82, 2.24) is 9.78 Å². The van der Waals surface area contributed by atoms with Gasteiger partial charge in [0, 0.05) is 11.4 Å². The zero-order chi connectivity index (χ0) is 19.1. The molecule has 0 spiro atoms. The minimum absolute atomic E-state index is 0.000437. The molecule has 1 fully saturated rings. The molecule has 1 amide bonds. The maximum absolute atomic E-state index is 12.7. The maximum Gasteiger partial charge on any atom is 0.416 e. The Bertz CT molecular complexity index is 951. The second-order valence-corrected chi connectivity index (χ2v) is 8.43. The number of alkyl halides is 3. The molecule has 1 aliphatic heterocycles. The molecule has 1 N–H and O–H groups in total. The summed E-state index contributed by atoms with van der Waals surface area (Å²) in [5, 5.41) is 6.53. The first-order valence-electron chi connectivity index (χ1n) is 7.80. The molecule has 2 heterocycles. The van der Waals surface area contributed by atoms with Crippen molar-refractivity contribution in [1.29, 1.82) is 0 Å². The standard InChI is InChI=1S/C16H16F3N3O3S/c1-10-7-14(21-22(10)13-5-6-26(24,25)9-13)15(23)20-12-4-2-3-11(8-12)16(17,18)19/h2-4,7-8,13H,5-6,9H2,1H3,(H,20,23). The topological polar surface area (TPSA) is 81.1 Å². The molecule has 0 saturated carbocycles. The zero-order valence-electron chi connectivity index (χ0n) is 13.7. The highest BCUT2D eigenvalue weighted by Crippen LogP contribution is 2.31. The Labute approximate surface area is 147 Å². The smallest absolute Gasteiger partial charge is 0.321 e. The third kappa shape index (κ3) is 3.90. The first kappa shape index (κ1) is 18.4. The molecule has 3 rings (SSSR count). The molecule has 26 heavy (non-hydrogen) atoms. The van der Waals surface area contributed by atoms with Crippen LogP contribution < -0.4 is 5.32 Å². The average molecular weight is 387 g/mol. The van der Waals surface area contributed by atoms with Gasteiger partial charge in [0.25, 0.3) is 5.91 Å². The Kier molecular flexibility index (Phi) is 4.55. The molecule has 10 heteroatoms. The molecular weight excluding hydrogens is 371 g/mol. The number of rotatable bonds is 3. The van der Waals surface area contributed by atoms with E-state index in [9.17, 15) is 26.4 Å². The van der Waals surface area contributed by atoms with Gasteiger partial charge >= 0.3 is 6.18 Å². The monoisotopic (exact) mass is 387 g/mol. The number of aryl methyl sites for hydroxylation is 1. The molecule has 140 valence electrons. The lowest BCUT2D eigenvalue weighted by Gasteiger charge is -2.10. The highest BCUT2D eigenvalue weighted by atomic mass is 32.2. The minimum Gasteiger partial charge on any atom is -0.321 e. The van der Waals surface area contributed by atoms with Gasteiger partial charge in [0.05, 0.1) is 23.1 Å². The maximum atomic E-state index is 12.7. The largest absolute Gasteiger partial charge is 0.416 e. The number of hydrogen-bond donors (Lipinski definition) is 1. The molecule has 1 atom stereocenters. The number of hydrogen-bond acceptors (Lipinski definition) is 4. The van der Waals surface area contributed by atoms with E-state index in [1.54, 1.807) is 6.92 Å². The van der Waals surface area contributed by atoms with E-state index in [0.717, 1.165) is 12.1 Å². The van der Waals surface area contributed by atoms with Crippen molar-refractivity contribution in [3.8, 4) is 0 Å². The number of benzene rings is 1. The van der Waals surface area contributed by atoms with E-state index in [-0.39, 0.29) is 28.9 Å². The van der Waals surface area contributed by atoms with Crippen LogP contribution >= 0.6 is 0 Å². The molecule has 1 aromatic carbocycles. The van der Waals surface area contributed by atoms with Crippen LogP contribution in [0.15, 0.2) is 30.3 Å². The number of nitrogens with one attached hydrogen (secondary N) is 1. The van der Waals surface area contributed by atoms with E-state index < -0.39 is 27.5 Å². The molecule has 1 aliphatic rings. The van der Waals surface area contributed by atoms with Crippen molar-refractivity contribution in [3.63, 3.8) is 0 Å². The summed E-state index contributed by atoms with van der Waals surface area (Å²) in [5.41, 5.74) is -0.237. The fourth-order valence-corrected chi connectivity index (χ4v) is 4.60. The number of nitrogens with zero attached hydrogens (tertiary/aromatic N) is 2. The van der Waals surface area contributed by atoms with E-state index in [0.29, 0.717) is 12.1 Å². The van der Waals surface area contributed by atoms with Crippen molar-refractivity contribution < 1.29 is 26.4 Å². The van der Waals surface area contributed by atoms with Crippen LogP contribution in [0.3, 0.4) is 0 Å². The number of anilines is 1. The third-order valence-corrected chi connectivity index (χ3v) is 5.91. The van der Waals surface area contributed by atoms with Crippen LogP contribution in [0.25, 0.3) is 0 Å².